The molecule has 2 heterocycles. The molecule has 0 bridgehead atoms. The summed E-state index contributed by atoms with van der Waals surface area (Å²) in [6.45, 7) is 9.63. The quantitative estimate of drug-likeness (QED) is 0.222. The van der Waals surface area contributed by atoms with Crippen LogP contribution < -0.4 is 10.1 Å². The van der Waals surface area contributed by atoms with Gasteiger partial charge in [0.1, 0.15) is 12.4 Å². The maximum Gasteiger partial charge on any atom is 0.273 e. The van der Waals surface area contributed by atoms with Crippen LogP contribution >= 0.6 is 11.6 Å². The molecule has 1 saturated heterocycles. The first-order valence-electron chi connectivity index (χ1n) is 14.3. The molecular weight excluding hydrogens is 534 g/mol. The number of likely N-dealkylation sites (tertiary alicyclic amines) is 1. The highest BCUT2D eigenvalue weighted by Gasteiger charge is 2.25. The number of halogens is 1. The predicted octanol–water partition coefficient (Wildman–Crippen LogP) is 7.83. The summed E-state index contributed by atoms with van der Waals surface area (Å²) >= 11 is 6.22. The van der Waals surface area contributed by atoms with Crippen LogP contribution in [0.4, 0.5) is 0 Å². The van der Waals surface area contributed by atoms with Crippen molar-refractivity contribution in [1.82, 2.24) is 15.4 Å². The average molecular weight is 572 g/mol. The number of nitrogens with one attached hydrogen (secondary N) is 1. The van der Waals surface area contributed by atoms with E-state index in [2.05, 4.69) is 60.4 Å². The topological polar surface area (TPSA) is 67.6 Å². The van der Waals surface area contributed by atoms with Crippen LogP contribution in [0, 0.1) is 0 Å². The van der Waals surface area contributed by atoms with E-state index in [0.717, 1.165) is 24.2 Å². The Hall–Kier alpha value is -3.61. The van der Waals surface area contributed by atoms with Crippen molar-refractivity contribution < 1.29 is 14.1 Å². The van der Waals surface area contributed by atoms with Gasteiger partial charge in [0, 0.05) is 28.8 Å². The number of rotatable bonds is 9. The smallest absolute Gasteiger partial charge is 0.273 e. The third kappa shape index (κ3) is 7.38. The zero-order valence-electron chi connectivity index (χ0n) is 24.0. The number of benzene rings is 3. The number of piperidine rings is 1. The van der Waals surface area contributed by atoms with Crippen LogP contribution in [0.25, 0.3) is 11.3 Å². The fraction of sp³-hybridized carbons (Fsp3) is 0.353. The summed E-state index contributed by atoms with van der Waals surface area (Å²) in [4.78, 5) is 15.6. The van der Waals surface area contributed by atoms with Gasteiger partial charge in [0.15, 0.2) is 11.5 Å². The number of hydrogen-bond donors (Lipinski definition) is 1. The second kappa shape index (κ2) is 12.9. The minimum Gasteiger partial charge on any atom is -0.489 e. The summed E-state index contributed by atoms with van der Waals surface area (Å²) in [5.41, 5.74) is 4.62. The van der Waals surface area contributed by atoms with Crippen molar-refractivity contribution in [2.75, 3.05) is 19.6 Å². The molecule has 1 unspecified atom stereocenters. The number of carbonyl (C=O) groups is 1. The Bertz CT molecular complexity index is 1440. The van der Waals surface area contributed by atoms with Crippen LogP contribution in [-0.4, -0.2) is 35.6 Å². The van der Waals surface area contributed by atoms with Crippen molar-refractivity contribution in [1.29, 1.82) is 0 Å². The highest BCUT2D eigenvalue weighted by atomic mass is 35.5. The van der Waals surface area contributed by atoms with E-state index in [1.54, 1.807) is 6.07 Å². The molecule has 0 spiro atoms. The van der Waals surface area contributed by atoms with Gasteiger partial charge in [-0.25, -0.2) is 0 Å². The van der Waals surface area contributed by atoms with Gasteiger partial charge in [0.05, 0.1) is 6.04 Å². The van der Waals surface area contributed by atoms with Crippen LogP contribution in [0.2, 0.25) is 5.02 Å². The lowest BCUT2D eigenvalue weighted by molar-refractivity contribution is 0.0915. The molecule has 0 radical (unpaired) electrons. The number of amides is 1. The van der Waals surface area contributed by atoms with Gasteiger partial charge >= 0.3 is 0 Å². The van der Waals surface area contributed by atoms with E-state index in [9.17, 15) is 4.79 Å². The lowest BCUT2D eigenvalue weighted by atomic mass is 9.86. The Balaban J connectivity index is 1.22. The largest absolute Gasteiger partial charge is 0.489 e. The van der Waals surface area contributed by atoms with Gasteiger partial charge in [-0.3, -0.25) is 9.69 Å². The van der Waals surface area contributed by atoms with Crippen molar-refractivity contribution in [2.45, 2.75) is 58.1 Å². The number of hydrogen-bond acceptors (Lipinski definition) is 5. The Kier molecular flexibility index (Phi) is 9.11. The first-order valence-corrected chi connectivity index (χ1v) is 14.7. The highest BCUT2D eigenvalue weighted by Crippen LogP contribution is 2.29. The van der Waals surface area contributed by atoms with Crippen molar-refractivity contribution in [3.63, 3.8) is 0 Å². The third-order valence-corrected chi connectivity index (χ3v) is 8.05. The molecule has 0 saturated carbocycles. The molecule has 4 aromatic rings. The normalized spacial score (nSPS) is 14.9. The second-order valence-corrected chi connectivity index (χ2v) is 12.1. The lowest BCUT2D eigenvalue weighted by Crippen LogP contribution is -2.40. The molecule has 1 N–H and O–H groups in total. The zero-order valence-corrected chi connectivity index (χ0v) is 24.8. The van der Waals surface area contributed by atoms with Crippen molar-refractivity contribution >= 4 is 17.5 Å². The minimum absolute atomic E-state index is 0.0990. The Morgan fingerprint density at radius 1 is 1.00 bits per heavy atom. The molecule has 7 heteroatoms. The van der Waals surface area contributed by atoms with Gasteiger partial charge in [-0.05, 0) is 72.8 Å². The van der Waals surface area contributed by atoms with Gasteiger partial charge in [-0.2, -0.15) is 0 Å². The summed E-state index contributed by atoms with van der Waals surface area (Å²) in [5, 5.41) is 7.85. The molecule has 1 fully saturated rings. The molecule has 1 aliphatic rings. The monoisotopic (exact) mass is 571 g/mol. The van der Waals surface area contributed by atoms with Gasteiger partial charge in [0.2, 0.25) is 0 Å². The van der Waals surface area contributed by atoms with E-state index in [1.165, 1.54) is 30.4 Å². The average Bonchev–Trinajstić information content (AvgIpc) is 3.48. The number of aromatic nitrogens is 1. The maximum atomic E-state index is 13.1. The van der Waals surface area contributed by atoms with E-state index in [0.29, 0.717) is 29.7 Å². The molecular formula is C34H38ClN3O3. The van der Waals surface area contributed by atoms with Gasteiger partial charge in [-0.15, -0.1) is 0 Å². The zero-order chi connectivity index (χ0) is 28.8. The SMILES string of the molecule is CC(C)(C)c1ccc(C(CNC(=O)c2cc(-c3ccc(OCc4ccccc4Cl)cc3)on2)N2CCCCC2)cc1. The standard InChI is InChI=1S/C34H38ClN3O3/c1-34(2,3)27-15-11-24(12-16-27)31(38-19-7-4-8-20-38)22-36-33(39)30-21-32(41-37-30)25-13-17-28(18-14-25)40-23-26-9-5-6-10-29(26)35/h5-6,9-18,21,31H,4,7-8,19-20,22-23H2,1-3H3,(H,36,39). The van der Waals surface area contributed by atoms with Crippen molar-refractivity contribution in [3.05, 3.63) is 106 Å². The molecule has 41 heavy (non-hydrogen) atoms. The van der Waals surface area contributed by atoms with E-state index in [4.69, 9.17) is 20.9 Å². The van der Waals surface area contributed by atoms with Crippen LogP contribution in [-0.2, 0) is 12.0 Å². The fourth-order valence-electron chi connectivity index (χ4n) is 5.18. The molecule has 5 rings (SSSR count). The number of nitrogens with zero attached hydrogens (tertiary/aromatic N) is 2. The molecule has 214 valence electrons. The van der Waals surface area contributed by atoms with Crippen molar-refractivity contribution in [2.24, 2.45) is 0 Å². The van der Waals surface area contributed by atoms with Gasteiger partial charge in [-0.1, -0.05) is 86.4 Å². The summed E-state index contributed by atoms with van der Waals surface area (Å²) in [6, 6.07) is 25.8. The third-order valence-electron chi connectivity index (χ3n) is 7.68. The molecule has 1 amide bonds. The summed E-state index contributed by atoms with van der Waals surface area (Å²) in [7, 11) is 0. The van der Waals surface area contributed by atoms with E-state index in [-0.39, 0.29) is 23.1 Å². The minimum atomic E-state index is -0.243. The molecule has 0 aliphatic carbocycles. The van der Waals surface area contributed by atoms with Crippen LogP contribution in [0.3, 0.4) is 0 Å². The summed E-state index contributed by atoms with van der Waals surface area (Å²) < 4.78 is 11.4. The number of ether oxygens (including phenoxy) is 1. The molecule has 1 aliphatic heterocycles. The highest BCUT2D eigenvalue weighted by molar-refractivity contribution is 6.31. The number of carbonyl (C=O) groups excluding carboxylic acids is 1. The summed E-state index contributed by atoms with van der Waals surface area (Å²) in [5.74, 6) is 0.997. The Morgan fingerprint density at radius 3 is 2.39 bits per heavy atom. The van der Waals surface area contributed by atoms with E-state index >= 15 is 0 Å². The second-order valence-electron chi connectivity index (χ2n) is 11.7. The van der Waals surface area contributed by atoms with Crippen LogP contribution in [0.1, 0.15) is 73.3 Å². The van der Waals surface area contributed by atoms with Crippen molar-refractivity contribution in [3.8, 4) is 17.1 Å². The fourth-order valence-corrected chi connectivity index (χ4v) is 5.37. The van der Waals surface area contributed by atoms with Gasteiger partial charge in [0.25, 0.3) is 5.91 Å². The predicted molar refractivity (Wildman–Crippen MR) is 163 cm³/mol. The first-order chi connectivity index (χ1) is 19.8. The van der Waals surface area contributed by atoms with Crippen LogP contribution in [0.5, 0.6) is 5.75 Å². The maximum absolute atomic E-state index is 13.1. The first kappa shape index (κ1) is 28.9. The molecule has 6 nitrogen and oxygen atoms in total. The van der Waals surface area contributed by atoms with Gasteiger partial charge < -0.3 is 14.6 Å². The van der Waals surface area contributed by atoms with E-state index in [1.807, 2.05) is 48.5 Å². The molecule has 3 aromatic carbocycles. The summed E-state index contributed by atoms with van der Waals surface area (Å²) in [6.07, 6.45) is 3.62. The van der Waals surface area contributed by atoms with Crippen LogP contribution in [0.15, 0.2) is 83.4 Å². The lowest BCUT2D eigenvalue weighted by Gasteiger charge is -2.35. The Labute approximate surface area is 247 Å². The van der Waals surface area contributed by atoms with E-state index < -0.39 is 0 Å². The Morgan fingerprint density at radius 2 is 1.71 bits per heavy atom. The molecule has 1 atom stereocenters. The molecule has 1 aromatic heterocycles.